The molecule has 0 saturated carbocycles. The molecule has 0 aliphatic carbocycles. The molecule has 1 rings (SSSR count). The van der Waals surface area contributed by atoms with E-state index >= 15 is 0 Å². The predicted octanol–water partition coefficient (Wildman–Crippen LogP) is 3.44. The van der Waals surface area contributed by atoms with Crippen LogP contribution in [0.3, 0.4) is 0 Å². The van der Waals surface area contributed by atoms with E-state index in [0.29, 0.717) is 6.61 Å². The van der Waals surface area contributed by atoms with Gasteiger partial charge in [0.1, 0.15) is 0 Å². The number of carbonyl (C=O) groups excluding carboxylic acids is 2. The summed E-state index contributed by atoms with van der Waals surface area (Å²) in [5.74, 6) is -0.956. The van der Waals surface area contributed by atoms with Crippen LogP contribution in [0.1, 0.15) is 58.5 Å². The molecule has 0 saturated heterocycles. The van der Waals surface area contributed by atoms with Gasteiger partial charge in [-0.05, 0) is 50.5 Å². The van der Waals surface area contributed by atoms with Gasteiger partial charge in [-0.25, -0.2) is 9.59 Å². The van der Waals surface area contributed by atoms with Gasteiger partial charge in [0.25, 0.3) is 0 Å². The number of aryl methyl sites for hydroxylation is 2. The van der Waals surface area contributed by atoms with E-state index < -0.39 is 11.9 Å². The minimum atomic E-state index is -0.488. The van der Waals surface area contributed by atoms with Gasteiger partial charge in [0.15, 0.2) is 0 Å². The molecule has 0 aliphatic heterocycles. The molecule has 0 atom stereocenters. The van der Waals surface area contributed by atoms with Crippen LogP contribution in [0.2, 0.25) is 0 Å². The number of carbonyl (C=O) groups is 2. The van der Waals surface area contributed by atoms with Crippen molar-refractivity contribution in [3.8, 4) is 0 Å². The van der Waals surface area contributed by atoms with Gasteiger partial charge in [-0.1, -0.05) is 13.3 Å². The third-order valence-electron chi connectivity index (χ3n) is 3.08. The molecule has 4 heteroatoms. The maximum Gasteiger partial charge on any atom is 0.339 e. The highest BCUT2D eigenvalue weighted by atomic mass is 16.5. The van der Waals surface area contributed by atoms with Gasteiger partial charge in [-0.2, -0.15) is 0 Å². The minimum Gasteiger partial charge on any atom is -0.462 e. The second kappa shape index (κ2) is 7.68. The number of rotatable bonds is 6. The Labute approximate surface area is 120 Å². The highest BCUT2D eigenvalue weighted by Gasteiger charge is 2.20. The second-order valence-corrected chi connectivity index (χ2v) is 4.69. The van der Waals surface area contributed by atoms with Crippen LogP contribution in [-0.2, 0) is 9.47 Å². The topological polar surface area (TPSA) is 52.6 Å². The molecule has 1 aromatic rings. The van der Waals surface area contributed by atoms with Gasteiger partial charge in [0.05, 0.1) is 24.3 Å². The van der Waals surface area contributed by atoms with Gasteiger partial charge in [0.2, 0.25) is 0 Å². The smallest absolute Gasteiger partial charge is 0.339 e. The van der Waals surface area contributed by atoms with Crippen LogP contribution in [0.4, 0.5) is 0 Å². The Hall–Kier alpha value is -1.84. The summed E-state index contributed by atoms with van der Waals surface area (Å²) in [7, 11) is 0. The summed E-state index contributed by atoms with van der Waals surface area (Å²) in [6.07, 6.45) is 1.76. The lowest BCUT2D eigenvalue weighted by Gasteiger charge is -2.11. The second-order valence-electron chi connectivity index (χ2n) is 4.69. The van der Waals surface area contributed by atoms with Crippen LogP contribution in [-0.4, -0.2) is 25.2 Å². The average Bonchev–Trinajstić information content (AvgIpc) is 2.41. The lowest BCUT2D eigenvalue weighted by molar-refractivity contribution is 0.0463. The SMILES string of the molecule is CCCCOC(=O)c1cc(C)c(C)cc1C(=O)OCC. The Morgan fingerprint density at radius 2 is 1.45 bits per heavy atom. The molecule has 0 aromatic heterocycles. The number of benzene rings is 1. The first-order valence-corrected chi connectivity index (χ1v) is 6.96. The molecule has 0 unspecified atom stereocenters. The monoisotopic (exact) mass is 278 g/mol. The molecule has 20 heavy (non-hydrogen) atoms. The third-order valence-corrected chi connectivity index (χ3v) is 3.08. The lowest BCUT2D eigenvalue weighted by atomic mass is 10.00. The van der Waals surface area contributed by atoms with E-state index in [1.54, 1.807) is 19.1 Å². The van der Waals surface area contributed by atoms with Crippen molar-refractivity contribution in [2.24, 2.45) is 0 Å². The van der Waals surface area contributed by atoms with Crippen molar-refractivity contribution in [2.75, 3.05) is 13.2 Å². The molecule has 1 aromatic carbocycles. The summed E-state index contributed by atoms with van der Waals surface area (Å²) >= 11 is 0. The van der Waals surface area contributed by atoms with Gasteiger partial charge in [0, 0.05) is 0 Å². The summed E-state index contributed by atoms with van der Waals surface area (Å²) in [5, 5.41) is 0. The number of hydrogen-bond donors (Lipinski definition) is 0. The highest BCUT2D eigenvalue weighted by molar-refractivity contribution is 6.03. The Balaban J connectivity index is 3.06. The molecule has 4 nitrogen and oxygen atoms in total. The fraction of sp³-hybridized carbons (Fsp3) is 0.500. The fourth-order valence-electron chi connectivity index (χ4n) is 1.75. The highest BCUT2D eigenvalue weighted by Crippen LogP contribution is 2.18. The largest absolute Gasteiger partial charge is 0.462 e. The summed E-state index contributed by atoms with van der Waals surface area (Å²) in [4.78, 5) is 24.0. The summed E-state index contributed by atoms with van der Waals surface area (Å²) < 4.78 is 10.2. The predicted molar refractivity (Wildman–Crippen MR) is 77.1 cm³/mol. The van der Waals surface area contributed by atoms with E-state index in [9.17, 15) is 9.59 Å². The zero-order chi connectivity index (χ0) is 15.1. The number of unbranched alkanes of at least 4 members (excludes halogenated alkanes) is 1. The zero-order valence-corrected chi connectivity index (χ0v) is 12.6. The first kappa shape index (κ1) is 16.2. The minimum absolute atomic E-state index is 0.274. The molecule has 0 radical (unpaired) electrons. The van der Waals surface area contributed by atoms with Gasteiger partial charge in [-0.15, -0.1) is 0 Å². The molecule has 0 spiro atoms. The molecular weight excluding hydrogens is 256 g/mol. The number of esters is 2. The normalized spacial score (nSPS) is 10.2. The first-order chi connectivity index (χ1) is 9.51. The Bertz CT molecular complexity index is 491. The zero-order valence-electron chi connectivity index (χ0n) is 12.6. The lowest BCUT2D eigenvalue weighted by Crippen LogP contribution is -2.15. The van der Waals surface area contributed by atoms with Crippen LogP contribution < -0.4 is 0 Å². The van der Waals surface area contributed by atoms with E-state index in [1.165, 1.54) is 0 Å². The van der Waals surface area contributed by atoms with Crippen LogP contribution in [0, 0.1) is 13.8 Å². The van der Waals surface area contributed by atoms with Crippen molar-refractivity contribution in [3.05, 3.63) is 34.4 Å². The number of hydrogen-bond acceptors (Lipinski definition) is 4. The maximum absolute atomic E-state index is 12.1. The van der Waals surface area contributed by atoms with Crippen molar-refractivity contribution in [1.82, 2.24) is 0 Å². The van der Waals surface area contributed by atoms with Gasteiger partial charge >= 0.3 is 11.9 Å². The van der Waals surface area contributed by atoms with Crippen molar-refractivity contribution in [3.63, 3.8) is 0 Å². The van der Waals surface area contributed by atoms with Crippen molar-refractivity contribution < 1.29 is 19.1 Å². The summed E-state index contributed by atoms with van der Waals surface area (Å²) in [5.41, 5.74) is 2.44. The quantitative estimate of drug-likeness (QED) is 0.591. The Morgan fingerprint density at radius 3 is 1.90 bits per heavy atom. The molecule has 0 amide bonds. The van der Waals surface area contributed by atoms with Crippen LogP contribution in [0.5, 0.6) is 0 Å². The third kappa shape index (κ3) is 4.08. The van der Waals surface area contributed by atoms with Crippen molar-refractivity contribution in [2.45, 2.75) is 40.5 Å². The van der Waals surface area contributed by atoms with E-state index in [1.807, 2.05) is 20.8 Å². The summed E-state index contributed by atoms with van der Waals surface area (Å²) in [6.45, 7) is 8.18. The Kier molecular flexibility index (Phi) is 6.22. The van der Waals surface area contributed by atoms with Crippen molar-refractivity contribution >= 4 is 11.9 Å². The molecule has 0 heterocycles. The van der Waals surface area contributed by atoms with Crippen LogP contribution >= 0.6 is 0 Å². The Morgan fingerprint density at radius 1 is 0.950 bits per heavy atom. The number of ether oxygens (including phenoxy) is 2. The maximum atomic E-state index is 12.1. The fourth-order valence-corrected chi connectivity index (χ4v) is 1.75. The first-order valence-electron chi connectivity index (χ1n) is 6.96. The van der Waals surface area contributed by atoms with E-state index in [2.05, 4.69) is 0 Å². The van der Waals surface area contributed by atoms with Gasteiger partial charge < -0.3 is 9.47 Å². The van der Waals surface area contributed by atoms with Crippen LogP contribution in [0.25, 0.3) is 0 Å². The molecular formula is C16H22O4. The molecule has 110 valence electrons. The van der Waals surface area contributed by atoms with Crippen molar-refractivity contribution in [1.29, 1.82) is 0 Å². The molecule has 0 bridgehead atoms. The van der Waals surface area contributed by atoms with Crippen LogP contribution in [0.15, 0.2) is 12.1 Å². The van der Waals surface area contributed by atoms with E-state index in [-0.39, 0.29) is 17.7 Å². The van der Waals surface area contributed by atoms with E-state index in [0.717, 1.165) is 24.0 Å². The molecule has 0 aliphatic rings. The standard InChI is InChI=1S/C16H22O4/c1-5-7-8-20-16(18)14-10-12(4)11(3)9-13(14)15(17)19-6-2/h9-10H,5-8H2,1-4H3. The molecule has 0 N–H and O–H groups in total. The van der Waals surface area contributed by atoms with E-state index in [4.69, 9.17) is 9.47 Å². The average molecular weight is 278 g/mol. The molecule has 0 fully saturated rings. The van der Waals surface area contributed by atoms with Gasteiger partial charge in [-0.3, -0.25) is 0 Å². The summed E-state index contributed by atoms with van der Waals surface area (Å²) in [6, 6.07) is 3.37.